The van der Waals surface area contributed by atoms with E-state index in [0.29, 0.717) is 16.5 Å². The van der Waals surface area contributed by atoms with E-state index in [9.17, 15) is 10.1 Å². The molecule has 5 nitrogen and oxygen atoms in total. The van der Waals surface area contributed by atoms with Gasteiger partial charge in [0, 0.05) is 6.42 Å². The van der Waals surface area contributed by atoms with Gasteiger partial charge in [0.05, 0.1) is 16.5 Å². The summed E-state index contributed by atoms with van der Waals surface area (Å²) in [6.45, 7) is 2.03. The number of aromatic amines is 1. The minimum atomic E-state index is -0.252. The van der Waals surface area contributed by atoms with Gasteiger partial charge in [-0.25, -0.2) is 4.98 Å². The number of hydrogen-bond donors (Lipinski definition) is 1. The molecule has 0 fully saturated rings. The van der Waals surface area contributed by atoms with Crippen molar-refractivity contribution in [3.63, 3.8) is 0 Å². The number of aromatic nitrogens is 2. The van der Waals surface area contributed by atoms with Crippen molar-refractivity contribution in [3.8, 4) is 11.8 Å². The van der Waals surface area contributed by atoms with Gasteiger partial charge in [0.2, 0.25) is 0 Å². The molecule has 2 aromatic carbocycles. The third-order valence-electron chi connectivity index (χ3n) is 4.22. The molecular formula is C20H15N3O2. The maximum absolute atomic E-state index is 12.2. The first kappa shape index (κ1) is 15.2. The molecule has 0 aliphatic carbocycles. The summed E-state index contributed by atoms with van der Waals surface area (Å²) in [5.41, 5.74) is 2.63. The molecule has 1 aliphatic rings. The lowest BCUT2D eigenvalue weighted by molar-refractivity contribution is 0.254. The van der Waals surface area contributed by atoms with Gasteiger partial charge < -0.3 is 9.72 Å². The first-order chi connectivity index (χ1) is 12.1. The molecule has 0 bridgehead atoms. The monoisotopic (exact) mass is 329 g/mol. The maximum Gasteiger partial charge on any atom is 0.259 e. The van der Waals surface area contributed by atoms with E-state index in [0.717, 1.165) is 23.3 Å². The SMILES string of the molecule is C[C@@H]1Cc2cc(/C=C(\C#N)c3nc4ccccc4c(=O)[nH]3)ccc2O1. The molecule has 25 heavy (non-hydrogen) atoms. The second kappa shape index (κ2) is 5.91. The molecule has 2 heterocycles. The Kier molecular flexibility index (Phi) is 3.58. The summed E-state index contributed by atoms with van der Waals surface area (Å²) < 4.78 is 5.70. The number of nitrogens with one attached hydrogen (secondary N) is 1. The third kappa shape index (κ3) is 2.79. The molecule has 3 aromatic rings. The number of benzene rings is 2. The Balaban J connectivity index is 1.79. The molecule has 0 unspecified atom stereocenters. The number of fused-ring (bicyclic) bond motifs is 2. The summed E-state index contributed by atoms with van der Waals surface area (Å²) >= 11 is 0. The Morgan fingerprint density at radius 3 is 3.04 bits per heavy atom. The van der Waals surface area contributed by atoms with Gasteiger partial charge in [-0.3, -0.25) is 4.79 Å². The van der Waals surface area contributed by atoms with Crippen molar-refractivity contribution in [3.05, 3.63) is 69.8 Å². The molecule has 4 rings (SSSR count). The van der Waals surface area contributed by atoms with Gasteiger partial charge in [-0.15, -0.1) is 0 Å². The highest BCUT2D eigenvalue weighted by molar-refractivity contribution is 5.89. The van der Waals surface area contributed by atoms with Gasteiger partial charge >= 0.3 is 0 Å². The van der Waals surface area contributed by atoms with Gasteiger partial charge in [0.1, 0.15) is 17.9 Å². The number of ether oxygens (including phenoxy) is 1. The highest BCUT2D eigenvalue weighted by Gasteiger charge is 2.18. The molecule has 0 radical (unpaired) electrons. The molecule has 1 aliphatic heterocycles. The van der Waals surface area contributed by atoms with Crippen molar-refractivity contribution in [2.45, 2.75) is 19.4 Å². The van der Waals surface area contributed by atoms with Gasteiger partial charge in [-0.05, 0) is 48.4 Å². The van der Waals surface area contributed by atoms with Gasteiger partial charge in [0.15, 0.2) is 5.82 Å². The minimum Gasteiger partial charge on any atom is -0.490 e. The quantitative estimate of drug-likeness (QED) is 0.732. The smallest absolute Gasteiger partial charge is 0.259 e. The lowest BCUT2D eigenvalue weighted by Crippen LogP contribution is -2.11. The fraction of sp³-hybridized carbons (Fsp3) is 0.150. The Morgan fingerprint density at radius 2 is 2.20 bits per heavy atom. The summed E-state index contributed by atoms with van der Waals surface area (Å²) in [6.07, 6.45) is 2.75. The van der Waals surface area contributed by atoms with Crippen molar-refractivity contribution >= 4 is 22.6 Å². The van der Waals surface area contributed by atoms with Crippen LogP contribution in [0.1, 0.15) is 23.9 Å². The fourth-order valence-corrected chi connectivity index (χ4v) is 3.07. The lowest BCUT2D eigenvalue weighted by Gasteiger charge is -2.04. The topological polar surface area (TPSA) is 78.8 Å². The van der Waals surface area contributed by atoms with Crippen molar-refractivity contribution in [1.29, 1.82) is 5.26 Å². The third-order valence-corrected chi connectivity index (χ3v) is 4.22. The average molecular weight is 329 g/mol. The Bertz CT molecular complexity index is 1110. The van der Waals surface area contributed by atoms with Crippen LogP contribution in [0.4, 0.5) is 0 Å². The van der Waals surface area contributed by atoms with Gasteiger partial charge in [-0.1, -0.05) is 18.2 Å². The zero-order chi connectivity index (χ0) is 17.4. The highest BCUT2D eigenvalue weighted by Crippen LogP contribution is 2.30. The standard InChI is InChI=1S/C20H15N3O2/c1-12-8-14-9-13(6-7-18(14)25-12)10-15(11-21)19-22-17-5-3-2-4-16(17)20(24)23-19/h2-7,9-10,12H,8H2,1H3,(H,22,23,24)/b15-10+/t12-/m1/s1. The van der Waals surface area contributed by atoms with E-state index in [-0.39, 0.29) is 17.5 Å². The zero-order valence-corrected chi connectivity index (χ0v) is 13.6. The van der Waals surface area contributed by atoms with Crippen molar-refractivity contribution in [2.75, 3.05) is 0 Å². The second-order valence-corrected chi connectivity index (χ2v) is 6.10. The van der Waals surface area contributed by atoms with Crippen LogP contribution in [0, 0.1) is 11.3 Å². The van der Waals surface area contributed by atoms with Gasteiger partial charge in [-0.2, -0.15) is 5.26 Å². The largest absolute Gasteiger partial charge is 0.490 e. The summed E-state index contributed by atoms with van der Waals surface area (Å²) in [5.74, 6) is 1.16. The second-order valence-electron chi connectivity index (χ2n) is 6.10. The lowest BCUT2D eigenvalue weighted by atomic mass is 10.0. The van der Waals surface area contributed by atoms with E-state index in [1.807, 2.05) is 31.2 Å². The number of para-hydroxylation sites is 1. The van der Waals surface area contributed by atoms with E-state index in [4.69, 9.17) is 4.74 Å². The molecule has 0 saturated carbocycles. The van der Waals surface area contributed by atoms with Crippen LogP contribution in [0.15, 0.2) is 47.3 Å². The molecule has 1 atom stereocenters. The highest BCUT2D eigenvalue weighted by atomic mass is 16.5. The molecule has 0 saturated heterocycles. The average Bonchev–Trinajstić information content (AvgIpc) is 2.99. The summed E-state index contributed by atoms with van der Waals surface area (Å²) in [7, 11) is 0. The molecule has 1 aromatic heterocycles. The Morgan fingerprint density at radius 1 is 1.36 bits per heavy atom. The first-order valence-electron chi connectivity index (χ1n) is 8.05. The molecule has 122 valence electrons. The van der Waals surface area contributed by atoms with E-state index in [1.165, 1.54) is 0 Å². The van der Waals surface area contributed by atoms with E-state index >= 15 is 0 Å². The number of allylic oxidation sites excluding steroid dienone is 1. The molecule has 5 heteroatoms. The predicted octanol–water partition coefficient (Wildman–Crippen LogP) is 3.31. The Labute approximate surface area is 144 Å². The summed E-state index contributed by atoms with van der Waals surface area (Å²) in [4.78, 5) is 19.3. The van der Waals surface area contributed by atoms with Crippen LogP contribution in [0.2, 0.25) is 0 Å². The fourth-order valence-electron chi connectivity index (χ4n) is 3.07. The normalized spacial score (nSPS) is 16.3. The molecular weight excluding hydrogens is 314 g/mol. The Hall–Kier alpha value is -3.39. The van der Waals surface area contributed by atoms with Crippen LogP contribution >= 0.6 is 0 Å². The van der Waals surface area contributed by atoms with Crippen LogP contribution in [0.5, 0.6) is 5.75 Å². The van der Waals surface area contributed by atoms with Crippen LogP contribution < -0.4 is 10.3 Å². The van der Waals surface area contributed by atoms with Crippen LogP contribution in [-0.4, -0.2) is 16.1 Å². The van der Waals surface area contributed by atoms with Crippen LogP contribution in [-0.2, 0) is 6.42 Å². The van der Waals surface area contributed by atoms with Gasteiger partial charge in [0.25, 0.3) is 5.56 Å². The van der Waals surface area contributed by atoms with Crippen LogP contribution in [0.25, 0.3) is 22.6 Å². The van der Waals surface area contributed by atoms with E-state index in [1.54, 1.807) is 24.3 Å². The van der Waals surface area contributed by atoms with Crippen LogP contribution in [0.3, 0.4) is 0 Å². The number of rotatable bonds is 2. The molecule has 0 amide bonds. The number of hydrogen-bond acceptors (Lipinski definition) is 4. The minimum absolute atomic E-state index is 0.170. The van der Waals surface area contributed by atoms with Crippen molar-refractivity contribution in [2.24, 2.45) is 0 Å². The number of H-pyrrole nitrogens is 1. The number of nitriles is 1. The first-order valence-corrected chi connectivity index (χ1v) is 8.05. The van der Waals surface area contributed by atoms with Crippen molar-refractivity contribution < 1.29 is 4.74 Å². The zero-order valence-electron chi connectivity index (χ0n) is 13.6. The molecule has 0 spiro atoms. The summed E-state index contributed by atoms with van der Waals surface area (Å²) in [6, 6.07) is 15.0. The van der Waals surface area contributed by atoms with E-state index in [2.05, 4.69) is 16.0 Å². The van der Waals surface area contributed by atoms with Crippen molar-refractivity contribution in [1.82, 2.24) is 9.97 Å². The predicted molar refractivity (Wildman–Crippen MR) is 96.1 cm³/mol. The maximum atomic E-state index is 12.2. The molecule has 1 N–H and O–H groups in total. The number of nitrogens with zero attached hydrogens (tertiary/aromatic N) is 2. The van der Waals surface area contributed by atoms with E-state index < -0.39 is 0 Å². The summed E-state index contributed by atoms with van der Waals surface area (Å²) in [5, 5.41) is 10.0.